The summed E-state index contributed by atoms with van der Waals surface area (Å²) >= 11 is 6.00. The third kappa shape index (κ3) is 4.94. The molecule has 4 N–H and O–H groups in total. The van der Waals surface area contributed by atoms with Gasteiger partial charge in [-0.15, -0.1) is 0 Å². The molecule has 5 nitrogen and oxygen atoms in total. The van der Waals surface area contributed by atoms with Crippen molar-refractivity contribution in [3.63, 3.8) is 0 Å². The maximum Gasteiger partial charge on any atom is 0.252 e. The molecule has 1 aliphatic rings. The summed E-state index contributed by atoms with van der Waals surface area (Å²) in [5, 5.41) is 5.64. The Balaban J connectivity index is 1.97. The third-order valence-electron chi connectivity index (χ3n) is 4.35. The van der Waals surface area contributed by atoms with Gasteiger partial charge in [0.2, 0.25) is 5.91 Å². The molecule has 1 fully saturated rings. The second-order valence-electron chi connectivity index (χ2n) is 6.11. The van der Waals surface area contributed by atoms with Crippen molar-refractivity contribution in [3.05, 3.63) is 28.8 Å². The van der Waals surface area contributed by atoms with E-state index in [0.29, 0.717) is 28.6 Å². The molecule has 2 amide bonds. The third-order valence-corrected chi connectivity index (χ3v) is 4.68. The number of nitrogens with one attached hydrogen (secondary N) is 2. The first kappa shape index (κ1) is 17.8. The van der Waals surface area contributed by atoms with Crippen LogP contribution >= 0.6 is 11.6 Å². The first-order valence-corrected chi connectivity index (χ1v) is 8.47. The highest BCUT2D eigenvalue weighted by molar-refractivity contribution is 6.34. The topological polar surface area (TPSA) is 84.2 Å². The van der Waals surface area contributed by atoms with E-state index < -0.39 is 6.04 Å². The van der Waals surface area contributed by atoms with E-state index in [1.807, 2.05) is 0 Å². The van der Waals surface area contributed by atoms with Gasteiger partial charge in [-0.05, 0) is 30.5 Å². The molecule has 1 saturated carbocycles. The number of benzene rings is 1. The fraction of sp³-hybridized carbons (Fsp3) is 0.529. The summed E-state index contributed by atoms with van der Waals surface area (Å²) in [5.74, 6) is 0.0227. The number of rotatable bonds is 5. The smallest absolute Gasteiger partial charge is 0.252 e. The van der Waals surface area contributed by atoms with Crippen molar-refractivity contribution in [2.75, 3.05) is 12.4 Å². The molecule has 1 atom stereocenters. The number of carbonyl (C=O) groups is 2. The average Bonchev–Trinajstić information content (AvgIpc) is 2.56. The lowest BCUT2D eigenvalue weighted by molar-refractivity contribution is -0.117. The zero-order valence-electron chi connectivity index (χ0n) is 13.4. The normalized spacial score (nSPS) is 16.7. The highest BCUT2D eigenvalue weighted by Gasteiger charge is 2.21. The highest BCUT2D eigenvalue weighted by Crippen LogP contribution is 2.27. The second kappa shape index (κ2) is 8.31. The molecule has 1 aliphatic carbocycles. The van der Waals surface area contributed by atoms with Gasteiger partial charge in [0, 0.05) is 12.7 Å². The first-order valence-electron chi connectivity index (χ1n) is 8.09. The van der Waals surface area contributed by atoms with Gasteiger partial charge >= 0.3 is 0 Å². The Morgan fingerprint density at radius 1 is 1.30 bits per heavy atom. The van der Waals surface area contributed by atoms with Crippen LogP contribution in [0.4, 0.5) is 5.69 Å². The van der Waals surface area contributed by atoms with Crippen molar-refractivity contribution in [3.8, 4) is 0 Å². The highest BCUT2D eigenvalue weighted by atomic mass is 35.5. The Labute approximate surface area is 142 Å². The van der Waals surface area contributed by atoms with Gasteiger partial charge in [-0.25, -0.2) is 0 Å². The van der Waals surface area contributed by atoms with Crippen molar-refractivity contribution in [2.45, 2.75) is 44.6 Å². The summed E-state index contributed by atoms with van der Waals surface area (Å²) in [6, 6.07) is 4.29. The quantitative estimate of drug-likeness (QED) is 0.772. The molecule has 23 heavy (non-hydrogen) atoms. The van der Waals surface area contributed by atoms with E-state index in [4.69, 9.17) is 17.3 Å². The van der Waals surface area contributed by atoms with Gasteiger partial charge in [0.25, 0.3) is 5.91 Å². The van der Waals surface area contributed by atoms with Crippen LogP contribution in [0.5, 0.6) is 0 Å². The Bertz CT molecular complexity index is 571. The van der Waals surface area contributed by atoms with E-state index in [0.717, 1.165) is 12.8 Å². The summed E-state index contributed by atoms with van der Waals surface area (Å²) in [6.07, 6.45) is 6.76. The maximum atomic E-state index is 12.3. The molecule has 0 bridgehead atoms. The molecule has 1 unspecified atom stereocenters. The monoisotopic (exact) mass is 337 g/mol. The molecule has 2 rings (SSSR count). The Hall–Kier alpha value is -1.59. The van der Waals surface area contributed by atoms with Gasteiger partial charge in [0.15, 0.2) is 0 Å². The van der Waals surface area contributed by atoms with Gasteiger partial charge < -0.3 is 16.4 Å². The van der Waals surface area contributed by atoms with E-state index in [2.05, 4.69) is 10.6 Å². The van der Waals surface area contributed by atoms with Crippen molar-refractivity contribution in [2.24, 2.45) is 11.7 Å². The first-order chi connectivity index (χ1) is 11.0. The van der Waals surface area contributed by atoms with Gasteiger partial charge in [-0.3, -0.25) is 9.59 Å². The van der Waals surface area contributed by atoms with E-state index in [1.165, 1.54) is 26.3 Å². The average molecular weight is 338 g/mol. The van der Waals surface area contributed by atoms with E-state index in [-0.39, 0.29) is 11.8 Å². The minimum absolute atomic E-state index is 0.222. The van der Waals surface area contributed by atoms with E-state index >= 15 is 0 Å². The number of halogens is 1. The summed E-state index contributed by atoms with van der Waals surface area (Å²) in [6.45, 7) is 0. The van der Waals surface area contributed by atoms with Crippen LogP contribution in [0.1, 0.15) is 48.9 Å². The fourth-order valence-electron chi connectivity index (χ4n) is 3.04. The standard InChI is InChI=1S/C17H24ClN3O2/c1-20-16(22)13-10-12(7-8-14(13)18)21-17(23)15(19)9-11-5-3-2-4-6-11/h7-8,10-11,15H,2-6,9,19H2,1H3,(H,20,22)(H,21,23). The van der Waals surface area contributed by atoms with Crippen LogP contribution in [0.15, 0.2) is 18.2 Å². The molecular weight excluding hydrogens is 314 g/mol. The molecule has 6 heteroatoms. The molecule has 0 radical (unpaired) electrons. The zero-order chi connectivity index (χ0) is 16.8. The minimum Gasteiger partial charge on any atom is -0.355 e. The zero-order valence-corrected chi connectivity index (χ0v) is 14.2. The molecular formula is C17H24ClN3O2. The largest absolute Gasteiger partial charge is 0.355 e. The maximum absolute atomic E-state index is 12.3. The number of amides is 2. The van der Waals surface area contributed by atoms with Crippen LogP contribution in [-0.4, -0.2) is 24.9 Å². The van der Waals surface area contributed by atoms with Crippen LogP contribution in [0.2, 0.25) is 5.02 Å². The van der Waals surface area contributed by atoms with Crippen molar-refractivity contribution in [1.82, 2.24) is 5.32 Å². The van der Waals surface area contributed by atoms with Gasteiger partial charge in [0.05, 0.1) is 16.6 Å². The minimum atomic E-state index is -0.530. The number of anilines is 1. The van der Waals surface area contributed by atoms with Crippen molar-refractivity contribution < 1.29 is 9.59 Å². The predicted molar refractivity (Wildman–Crippen MR) is 92.6 cm³/mol. The SMILES string of the molecule is CNC(=O)c1cc(NC(=O)C(N)CC2CCCCC2)ccc1Cl. The number of nitrogens with two attached hydrogens (primary N) is 1. The van der Waals surface area contributed by atoms with Crippen molar-refractivity contribution in [1.29, 1.82) is 0 Å². The number of hydrogen-bond donors (Lipinski definition) is 3. The summed E-state index contributed by atoms with van der Waals surface area (Å²) in [7, 11) is 1.53. The summed E-state index contributed by atoms with van der Waals surface area (Å²) < 4.78 is 0. The predicted octanol–water partition coefficient (Wildman–Crippen LogP) is 2.94. The van der Waals surface area contributed by atoms with Gasteiger partial charge in [0.1, 0.15) is 0 Å². The van der Waals surface area contributed by atoms with Gasteiger partial charge in [-0.2, -0.15) is 0 Å². The molecule has 1 aromatic carbocycles. The van der Waals surface area contributed by atoms with Crippen LogP contribution in [-0.2, 0) is 4.79 Å². The Kier molecular flexibility index (Phi) is 6.42. The Morgan fingerprint density at radius 2 is 2.00 bits per heavy atom. The lowest BCUT2D eigenvalue weighted by Gasteiger charge is -2.24. The lowest BCUT2D eigenvalue weighted by atomic mass is 9.85. The number of hydrogen-bond acceptors (Lipinski definition) is 3. The van der Waals surface area contributed by atoms with E-state index in [1.54, 1.807) is 18.2 Å². The molecule has 1 aromatic rings. The van der Waals surface area contributed by atoms with Crippen LogP contribution in [0.25, 0.3) is 0 Å². The molecule has 126 valence electrons. The fourth-order valence-corrected chi connectivity index (χ4v) is 3.24. The summed E-state index contributed by atoms with van der Waals surface area (Å²) in [4.78, 5) is 24.0. The Morgan fingerprint density at radius 3 is 2.65 bits per heavy atom. The molecule has 0 spiro atoms. The molecule has 0 aliphatic heterocycles. The molecule has 0 heterocycles. The number of carbonyl (C=O) groups excluding carboxylic acids is 2. The lowest BCUT2D eigenvalue weighted by Crippen LogP contribution is -2.37. The van der Waals surface area contributed by atoms with Crippen LogP contribution < -0.4 is 16.4 Å². The van der Waals surface area contributed by atoms with Crippen molar-refractivity contribution >= 4 is 29.1 Å². The van der Waals surface area contributed by atoms with Crippen LogP contribution in [0.3, 0.4) is 0 Å². The van der Waals surface area contributed by atoms with Crippen LogP contribution in [0, 0.1) is 5.92 Å². The van der Waals surface area contributed by atoms with E-state index in [9.17, 15) is 9.59 Å². The van der Waals surface area contributed by atoms with Gasteiger partial charge in [-0.1, -0.05) is 43.7 Å². The summed E-state index contributed by atoms with van der Waals surface area (Å²) in [5.41, 5.74) is 6.88. The second-order valence-corrected chi connectivity index (χ2v) is 6.52. The molecule has 0 aromatic heterocycles. The molecule has 0 saturated heterocycles.